The van der Waals surface area contributed by atoms with Crippen LogP contribution in [0.5, 0.6) is 5.75 Å². The minimum Gasteiger partial charge on any atom is -0.497 e. The molecular weight excluding hydrogens is 197 g/mol. The van der Waals surface area contributed by atoms with Crippen LogP contribution in [0.15, 0.2) is 18.2 Å². The van der Waals surface area contributed by atoms with Gasteiger partial charge in [0.1, 0.15) is 5.75 Å². The van der Waals surface area contributed by atoms with Crippen molar-refractivity contribution in [3.8, 4) is 5.75 Å². The van der Waals surface area contributed by atoms with Crippen LogP contribution in [-0.2, 0) is 6.54 Å². The van der Waals surface area contributed by atoms with E-state index in [0.717, 1.165) is 11.3 Å². The third kappa shape index (κ3) is 2.89. The van der Waals surface area contributed by atoms with E-state index in [2.05, 4.69) is 0 Å². The van der Waals surface area contributed by atoms with Crippen molar-refractivity contribution in [1.29, 1.82) is 0 Å². The molecule has 0 fully saturated rings. The van der Waals surface area contributed by atoms with Gasteiger partial charge in [0.05, 0.1) is 7.11 Å². The van der Waals surface area contributed by atoms with Crippen LogP contribution in [0.3, 0.4) is 0 Å². The molecular formula is C8H11Cl2NO. The molecule has 1 aromatic rings. The van der Waals surface area contributed by atoms with Crippen LogP contribution in [-0.4, -0.2) is 7.11 Å². The van der Waals surface area contributed by atoms with Gasteiger partial charge >= 0.3 is 0 Å². The SMILES string of the molecule is COc1cc(Cl)cc(CN)c1.Cl. The molecule has 1 rings (SSSR count). The highest BCUT2D eigenvalue weighted by Crippen LogP contribution is 2.19. The standard InChI is InChI=1S/C8H10ClNO.ClH/c1-11-8-3-6(5-10)2-7(9)4-8;/h2-4H,5,10H2,1H3;1H. The van der Waals surface area contributed by atoms with E-state index in [0.29, 0.717) is 11.6 Å². The van der Waals surface area contributed by atoms with Crippen molar-refractivity contribution >= 4 is 24.0 Å². The zero-order valence-corrected chi connectivity index (χ0v) is 8.28. The first-order valence-electron chi connectivity index (χ1n) is 3.30. The van der Waals surface area contributed by atoms with Crippen LogP contribution in [0.25, 0.3) is 0 Å². The number of methoxy groups -OCH3 is 1. The summed E-state index contributed by atoms with van der Waals surface area (Å²) in [6.07, 6.45) is 0. The molecule has 0 radical (unpaired) electrons. The second kappa shape index (κ2) is 5.25. The zero-order chi connectivity index (χ0) is 8.27. The molecule has 0 bridgehead atoms. The van der Waals surface area contributed by atoms with Crippen molar-refractivity contribution in [1.82, 2.24) is 0 Å². The third-order valence-corrected chi connectivity index (χ3v) is 1.62. The molecule has 1 aromatic carbocycles. The molecule has 2 N–H and O–H groups in total. The Morgan fingerprint density at radius 1 is 1.42 bits per heavy atom. The van der Waals surface area contributed by atoms with Gasteiger partial charge in [-0.1, -0.05) is 11.6 Å². The van der Waals surface area contributed by atoms with E-state index in [4.69, 9.17) is 22.1 Å². The van der Waals surface area contributed by atoms with E-state index < -0.39 is 0 Å². The molecule has 0 aliphatic rings. The van der Waals surface area contributed by atoms with Crippen molar-refractivity contribution in [2.45, 2.75) is 6.54 Å². The molecule has 12 heavy (non-hydrogen) atoms. The summed E-state index contributed by atoms with van der Waals surface area (Å²) in [7, 11) is 1.60. The minimum absolute atomic E-state index is 0. The Morgan fingerprint density at radius 3 is 2.58 bits per heavy atom. The second-order valence-corrected chi connectivity index (χ2v) is 2.64. The smallest absolute Gasteiger partial charge is 0.120 e. The summed E-state index contributed by atoms with van der Waals surface area (Å²) in [5.74, 6) is 0.748. The first-order valence-corrected chi connectivity index (χ1v) is 3.67. The molecule has 0 aliphatic carbocycles. The van der Waals surface area contributed by atoms with Crippen LogP contribution >= 0.6 is 24.0 Å². The maximum Gasteiger partial charge on any atom is 0.120 e. The number of benzene rings is 1. The number of nitrogens with two attached hydrogens (primary N) is 1. The number of rotatable bonds is 2. The minimum atomic E-state index is 0. The molecule has 68 valence electrons. The average Bonchev–Trinajstić information content (AvgIpc) is 2.03. The van der Waals surface area contributed by atoms with Gasteiger partial charge < -0.3 is 10.5 Å². The lowest BCUT2D eigenvalue weighted by Gasteiger charge is -2.02. The number of hydrogen-bond acceptors (Lipinski definition) is 2. The molecule has 0 saturated carbocycles. The highest BCUT2D eigenvalue weighted by atomic mass is 35.5. The lowest BCUT2D eigenvalue weighted by atomic mass is 10.2. The van der Waals surface area contributed by atoms with Crippen molar-refractivity contribution in [3.63, 3.8) is 0 Å². The van der Waals surface area contributed by atoms with E-state index in [1.54, 1.807) is 13.2 Å². The van der Waals surface area contributed by atoms with Gasteiger partial charge in [-0.25, -0.2) is 0 Å². The fourth-order valence-electron chi connectivity index (χ4n) is 0.856. The van der Waals surface area contributed by atoms with Crippen LogP contribution < -0.4 is 10.5 Å². The van der Waals surface area contributed by atoms with E-state index in [-0.39, 0.29) is 12.4 Å². The Labute approximate surface area is 83.1 Å². The van der Waals surface area contributed by atoms with E-state index in [1.807, 2.05) is 12.1 Å². The fourth-order valence-corrected chi connectivity index (χ4v) is 1.10. The summed E-state index contributed by atoms with van der Waals surface area (Å²) in [4.78, 5) is 0. The largest absolute Gasteiger partial charge is 0.497 e. The Bertz CT molecular complexity index is 231. The number of ether oxygens (including phenoxy) is 1. The normalized spacial score (nSPS) is 8.92. The van der Waals surface area contributed by atoms with E-state index in [1.165, 1.54) is 0 Å². The molecule has 0 saturated heterocycles. The molecule has 0 unspecified atom stereocenters. The maximum absolute atomic E-state index is 5.77. The molecule has 0 aliphatic heterocycles. The van der Waals surface area contributed by atoms with Gasteiger partial charge in [0.2, 0.25) is 0 Å². The average molecular weight is 208 g/mol. The van der Waals surface area contributed by atoms with Crippen molar-refractivity contribution in [3.05, 3.63) is 28.8 Å². The molecule has 0 aromatic heterocycles. The summed E-state index contributed by atoms with van der Waals surface area (Å²) in [5.41, 5.74) is 6.41. The number of halogens is 2. The van der Waals surface area contributed by atoms with Gasteiger partial charge in [-0.05, 0) is 23.8 Å². The Balaban J connectivity index is 0.00000121. The summed E-state index contributed by atoms with van der Waals surface area (Å²) >= 11 is 5.77. The van der Waals surface area contributed by atoms with Crippen LogP contribution in [0, 0.1) is 0 Å². The third-order valence-electron chi connectivity index (χ3n) is 1.40. The summed E-state index contributed by atoms with van der Waals surface area (Å²) in [6, 6.07) is 5.44. The predicted octanol–water partition coefficient (Wildman–Crippen LogP) is 2.23. The Morgan fingerprint density at radius 2 is 2.08 bits per heavy atom. The molecule has 0 amide bonds. The lowest BCUT2D eigenvalue weighted by molar-refractivity contribution is 0.414. The first kappa shape index (κ1) is 11.6. The fraction of sp³-hybridized carbons (Fsp3) is 0.250. The molecule has 0 atom stereocenters. The summed E-state index contributed by atoms with van der Waals surface area (Å²) in [5, 5.41) is 0.657. The van der Waals surface area contributed by atoms with Gasteiger partial charge in [0.25, 0.3) is 0 Å². The maximum atomic E-state index is 5.77. The highest BCUT2D eigenvalue weighted by molar-refractivity contribution is 6.30. The second-order valence-electron chi connectivity index (χ2n) is 2.20. The Kier molecular flexibility index (Phi) is 5.06. The summed E-state index contributed by atoms with van der Waals surface area (Å²) < 4.78 is 5.00. The van der Waals surface area contributed by atoms with Gasteiger partial charge in [0, 0.05) is 11.6 Å². The van der Waals surface area contributed by atoms with Crippen molar-refractivity contribution in [2.75, 3.05) is 7.11 Å². The van der Waals surface area contributed by atoms with E-state index >= 15 is 0 Å². The van der Waals surface area contributed by atoms with Crippen LogP contribution in [0.4, 0.5) is 0 Å². The number of hydrogen-bond donors (Lipinski definition) is 1. The first-order chi connectivity index (χ1) is 5.26. The van der Waals surface area contributed by atoms with Gasteiger partial charge in [-0.15, -0.1) is 12.4 Å². The van der Waals surface area contributed by atoms with Gasteiger partial charge in [0.15, 0.2) is 0 Å². The lowest BCUT2D eigenvalue weighted by Crippen LogP contribution is -1.96. The van der Waals surface area contributed by atoms with Gasteiger partial charge in [-0.3, -0.25) is 0 Å². The molecule has 0 spiro atoms. The predicted molar refractivity (Wildman–Crippen MR) is 53.1 cm³/mol. The van der Waals surface area contributed by atoms with E-state index in [9.17, 15) is 0 Å². The topological polar surface area (TPSA) is 35.2 Å². The quantitative estimate of drug-likeness (QED) is 0.808. The Hall–Kier alpha value is -0.440. The monoisotopic (exact) mass is 207 g/mol. The molecule has 0 heterocycles. The highest BCUT2D eigenvalue weighted by Gasteiger charge is 1.96. The van der Waals surface area contributed by atoms with Gasteiger partial charge in [-0.2, -0.15) is 0 Å². The van der Waals surface area contributed by atoms with Crippen LogP contribution in [0.1, 0.15) is 5.56 Å². The van der Waals surface area contributed by atoms with Crippen molar-refractivity contribution < 1.29 is 4.74 Å². The van der Waals surface area contributed by atoms with Crippen molar-refractivity contribution in [2.24, 2.45) is 5.73 Å². The van der Waals surface area contributed by atoms with Crippen LogP contribution in [0.2, 0.25) is 5.02 Å². The zero-order valence-electron chi connectivity index (χ0n) is 6.71. The molecule has 2 nitrogen and oxygen atoms in total. The summed E-state index contributed by atoms with van der Waals surface area (Å²) in [6.45, 7) is 0.483. The molecule has 4 heteroatoms.